The first kappa shape index (κ1) is 24.4. The first-order valence-electron chi connectivity index (χ1n) is 11.2. The topological polar surface area (TPSA) is 59.1 Å². The number of nitrogens with one attached hydrogen (secondary N) is 2. The Balaban J connectivity index is 1.79. The lowest BCUT2D eigenvalue weighted by Crippen LogP contribution is -2.12. The van der Waals surface area contributed by atoms with E-state index < -0.39 is 11.7 Å². The van der Waals surface area contributed by atoms with Crippen LogP contribution in [-0.4, -0.2) is 16.6 Å². The molecule has 0 saturated heterocycles. The molecule has 0 radical (unpaired) electrons. The molecule has 3 aromatic rings. The van der Waals surface area contributed by atoms with Crippen molar-refractivity contribution in [2.24, 2.45) is 0 Å². The van der Waals surface area contributed by atoms with Gasteiger partial charge in [0, 0.05) is 23.6 Å². The van der Waals surface area contributed by atoms with Crippen molar-refractivity contribution < 1.29 is 17.9 Å². The molecule has 0 saturated carbocycles. The SMILES string of the molecule is CCCCCc1ccc(Nc2ncc(C(F)(F)F)c(Nc3cccc(OCCC)c3)n2)cc1. The van der Waals surface area contributed by atoms with Crippen LogP contribution < -0.4 is 15.4 Å². The monoisotopic (exact) mass is 458 g/mol. The number of rotatable bonds is 11. The van der Waals surface area contributed by atoms with E-state index in [1.165, 1.54) is 12.0 Å². The van der Waals surface area contributed by atoms with Gasteiger partial charge in [0.25, 0.3) is 0 Å². The van der Waals surface area contributed by atoms with Gasteiger partial charge in [-0.05, 0) is 49.1 Å². The fraction of sp³-hybridized carbons (Fsp3) is 0.360. The summed E-state index contributed by atoms with van der Waals surface area (Å²) >= 11 is 0. The summed E-state index contributed by atoms with van der Waals surface area (Å²) in [6.07, 6.45) is 1.49. The Kier molecular flexibility index (Phi) is 8.52. The molecule has 0 amide bonds. The molecule has 0 unspecified atom stereocenters. The summed E-state index contributed by atoms with van der Waals surface area (Å²) in [7, 11) is 0. The summed E-state index contributed by atoms with van der Waals surface area (Å²) in [6, 6.07) is 14.5. The first-order chi connectivity index (χ1) is 15.9. The summed E-state index contributed by atoms with van der Waals surface area (Å²) in [5.41, 5.74) is 1.42. The fourth-order valence-electron chi connectivity index (χ4n) is 3.23. The van der Waals surface area contributed by atoms with Crippen molar-refractivity contribution in [1.29, 1.82) is 0 Å². The molecular formula is C25H29F3N4O. The lowest BCUT2D eigenvalue weighted by atomic mass is 10.1. The maximum Gasteiger partial charge on any atom is 0.421 e. The molecule has 0 fully saturated rings. The smallest absolute Gasteiger partial charge is 0.421 e. The second-order valence-corrected chi connectivity index (χ2v) is 7.73. The minimum absolute atomic E-state index is 0.0719. The summed E-state index contributed by atoms with van der Waals surface area (Å²) in [6.45, 7) is 4.67. The lowest BCUT2D eigenvalue weighted by Gasteiger charge is -2.15. The van der Waals surface area contributed by atoms with E-state index in [1.54, 1.807) is 24.3 Å². The zero-order chi connectivity index (χ0) is 23.7. The largest absolute Gasteiger partial charge is 0.494 e. The number of unbranched alkanes of at least 4 members (excludes halogenated alkanes) is 2. The van der Waals surface area contributed by atoms with Gasteiger partial charge in [-0.3, -0.25) is 0 Å². The third kappa shape index (κ3) is 7.37. The minimum Gasteiger partial charge on any atom is -0.494 e. The molecule has 33 heavy (non-hydrogen) atoms. The number of alkyl halides is 3. The van der Waals surface area contributed by atoms with Crippen LogP contribution in [0.5, 0.6) is 5.75 Å². The second kappa shape index (κ2) is 11.5. The van der Waals surface area contributed by atoms with Crippen molar-refractivity contribution in [3.05, 3.63) is 65.9 Å². The molecule has 1 heterocycles. The van der Waals surface area contributed by atoms with Gasteiger partial charge in [0.05, 0.1) is 6.61 Å². The number of hydrogen-bond acceptors (Lipinski definition) is 5. The highest BCUT2D eigenvalue weighted by molar-refractivity contribution is 5.64. The Bertz CT molecular complexity index is 1020. The summed E-state index contributed by atoms with van der Waals surface area (Å²) in [4.78, 5) is 7.99. The average molecular weight is 459 g/mol. The van der Waals surface area contributed by atoms with Gasteiger partial charge in [-0.1, -0.05) is 44.9 Å². The van der Waals surface area contributed by atoms with Crippen LogP contribution in [0.25, 0.3) is 0 Å². The zero-order valence-electron chi connectivity index (χ0n) is 18.9. The van der Waals surface area contributed by atoms with E-state index in [0.29, 0.717) is 23.7 Å². The predicted molar refractivity (Wildman–Crippen MR) is 125 cm³/mol. The van der Waals surface area contributed by atoms with E-state index in [4.69, 9.17) is 4.74 Å². The standard InChI is InChI=1S/C25H29F3N4O/c1-3-5-6-8-18-11-13-19(14-12-18)31-24-29-17-22(25(26,27)28)23(32-24)30-20-9-7-10-21(16-20)33-15-4-2/h7,9-14,16-17H,3-6,8,15H2,1-2H3,(H2,29,30,31,32). The molecule has 5 nitrogen and oxygen atoms in total. The number of ether oxygens (including phenoxy) is 1. The van der Waals surface area contributed by atoms with Crippen LogP contribution in [0.2, 0.25) is 0 Å². The molecule has 3 rings (SSSR count). The minimum atomic E-state index is -4.60. The zero-order valence-corrected chi connectivity index (χ0v) is 18.9. The van der Waals surface area contributed by atoms with Gasteiger partial charge >= 0.3 is 6.18 Å². The van der Waals surface area contributed by atoms with Gasteiger partial charge in [-0.2, -0.15) is 18.2 Å². The van der Waals surface area contributed by atoms with Crippen LogP contribution in [-0.2, 0) is 12.6 Å². The van der Waals surface area contributed by atoms with Gasteiger partial charge in [-0.15, -0.1) is 0 Å². The van der Waals surface area contributed by atoms with Crippen molar-refractivity contribution in [2.75, 3.05) is 17.2 Å². The molecule has 0 atom stereocenters. The van der Waals surface area contributed by atoms with E-state index in [2.05, 4.69) is 27.5 Å². The van der Waals surface area contributed by atoms with Crippen LogP contribution in [0.1, 0.15) is 50.7 Å². The van der Waals surface area contributed by atoms with Crippen molar-refractivity contribution in [2.45, 2.75) is 52.1 Å². The van der Waals surface area contributed by atoms with E-state index in [9.17, 15) is 13.2 Å². The fourth-order valence-corrected chi connectivity index (χ4v) is 3.23. The second-order valence-electron chi connectivity index (χ2n) is 7.73. The number of halogens is 3. The normalized spacial score (nSPS) is 11.3. The van der Waals surface area contributed by atoms with Gasteiger partial charge in [-0.25, -0.2) is 4.98 Å². The van der Waals surface area contributed by atoms with Crippen molar-refractivity contribution in [3.63, 3.8) is 0 Å². The molecule has 8 heteroatoms. The quantitative estimate of drug-likeness (QED) is 0.291. The Morgan fingerprint density at radius 2 is 1.70 bits per heavy atom. The highest BCUT2D eigenvalue weighted by atomic mass is 19.4. The third-order valence-corrected chi connectivity index (χ3v) is 4.94. The van der Waals surface area contributed by atoms with E-state index >= 15 is 0 Å². The molecule has 0 aliphatic rings. The highest BCUT2D eigenvalue weighted by Crippen LogP contribution is 2.35. The molecule has 0 bridgehead atoms. The van der Waals surface area contributed by atoms with Crippen LogP contribution in [0.15, 0.2) is 54.7 Å². The predicted octanol–water partition coefficient (Wildman–Crippen LogP) is 7.50. The van der Waals surface area contributed by atoms with E-state index in [0.717, 1.165) is 31.9 Å². The van der Waals surface area contributed by atoms with E-state index in [1.807, 2.05) is 31.2 Å². The summed E-state index contributed by atoms with van der Waals surface area (Å²) < 4.78 is 46.3. The number of aromatic nitrogens is 2. The highest BCUT2D eigenvalue weighted by Gasteiger charge is 2.35. The Labute approximate surface area is 192 Å². The molecule has 1 aromatic heterocycles. The van der Waals surface area contributed by atoms with Gasteiger partial charge in [0.2, 0.25) is 5.95 Å². The maximum absolute atomic E-state index is 13.6. The molecule has 176 valence electrons. The summed E-state index contributed by atoms with van der Waals surface area (Å²) in [5.74, 6) is 0.313. The molecule has 0 aliphatic carbocycles. The molecule has 0 spiro atoms. The molecule has 2 aromatic carbocycles. The lowest BCUT2D eigenvalue weighted by molar-refractivity contribution is -0.137. The molecule has 0 aliphatic heterocycles. The first-order valence-corrected chi connectivity index (χ1v) is 11.2. The number of nitrogens with zero attached hydrogens (tertiary/aromatic N) is 2. The number of hydrogen-bond donors (Lipinski definition) is 2. The Morgan fingerprint density at radius 1 is 0.909 bits per heavy atom. The third-order valence-electron chi connectivity index (χ3n) is 4.94. The number of benzene rings is 2. The van der Waals surface area contributed by atoms with Gasteiger partial charge in [0.1, 0.15) is 17.1 Å². The van der Waals surface area contributed by atoms with Crippen LogP contribution in [0.3, 0.4) is 0 Å². The van der Waals surface area contributed by atoms with Crippen molar-refractivity contribution in [3.8, 4) is 5.75 Å². The van der Waals surface area contributed by atoms with Crippen LogP contribution in [0.4, 0.5) is 36.3 Å². The molecule has 2 N–H and O–H groups in total. The molecular weight excluding hydrogens is 429 g/mol. The Morgan fingerprint density at radius 3 is 2.39 bits per heavy atom. The Hall–Kier alpha value is -3.29. The average Bonchev–Trinajstić information content (AvgIpc) is 2.79. The van der Waals surface area contributed by atoms with Gasteiger partial charge < -0.3 is 15.4 Å². The van der Waals surface area contributed by atoms with Crippen LogP contribution in [0, 0.1) is 0 Å². The van der Waals surface area contributed by atoms with Crippen LogP contribution >= 0.6 is 0 Å². The maximum atomic E-state index is 13.6. The number of aryl methyl sites for hydroxylation is 1. The number of anilines is 4. The summed E-state index contributed by atoms with van der Waals surface area (Å²) in [5, 5.41) is 5.76. The van der Waals surface area contributed by atoms with E-state index in [-0.39, 0.29) is 11.8 Å². The van der Waals surface area contributed by atoms with Crippen molar-refractivity contribution >= 4 is 23.1 Å². The van der Waals surface area contributed by atoms with Crippen molar-refractivity contribution in [1.82, 2.24) is 9.97 Å². The van der Waals surface area contributed by atoms with Gasteiger partial charge in [0.15, 0.2) is 0 Å².